The number of nitrogens with zero attached hydrogens (tertiary/aromatic N) is 1. The Balaban J connectivity index is 2.27. The van der Waals surface area contributed by atoms with Crippen LogP contribution < -0.4 is 34.0 Å². The topological polar surface area (TPSA) is 77.4 Å². The first kappa shape index (κ1) is 23.8. The van der Waals surface area contributed by atoms with Crippen LogP contribution in [0.4, 0.5) is 0 Å². The molecule has 0 aliphatic heterocycles. The normalized spacial score (nSPS) is 10.7. The lowest BCUT2D eigenvalue weighted by Crippen LogP contribution is -2.20. The van der Waals surface area contributed by atoms with E-state index in [2.05, 4.69) is 0 Å². The van der Waals surface area contributed by atoms with Crippen molar-refractivity contribution in [2.45, 2.75) is 0 Å². The number of ether oxygens (including phenoxy) is 6. The average Bonchev–Trinajstić information content (AvgIpc) is 2.90. The molecular weight excluding hydrogens is 450 g/mol. The molecule has 4 aromatic rings. The molecule has 0 aliphatic carbocycles. The molecule has 35 heavy (non-hydrogen) atoms. The van der Waals surface area contributed by atoms with Gasteiger partial charge in [0.15, 0.2) is 23.0 Å². The molecule has 0 unspecified atom stereocenters. The molecule has 0 bridgehead atoms. The van der Waals surface area contributed by atoms with Crippen LogP contribution in [0.2, 0.25) is 0 Å². The van der Waals surface area contributed by atoms with Gasteiger partial charge in [0.25, 0.3) is 5.56 Å². The van der Waals surface area contributed by atoms with Crippen LogP contribution in [0.5, 0.6) is 34.5 Å². The predicted octanol–water partition coefficient (Wildman–Crippen LogP) is 4.71. The number of aromatic nitrogens is 1. The summed E-state index contributed by atoms with van der Waals surface area (Å²) in [4.78, 5) is 13.6. The van der Waals surface area contributed by atoms with Gasteiger partial charge in [-0.3, -0.25) is 9.36 Å². The van der Waals surface area contributed by atoms with Crippen LogP contribution in [0.1, 0.15) is 0 Å². The molecule has 8 heteroatoms. The van der Waals surface area contributed by atoms with E-state index in [1.165, 1.54) is 14.2 Å². The smallest absolute Gasteiger partial charge is 0.256 e. The average molecular weight is 478 g/mol. The molecule has 0 atom stereocenters. The summed E-state index contributed by atoms with van der Waals surface area (Å²) in [6.07, 6.45) is 0. The zero-order valence-electron chi connectivity index (χ0n) is 20.5. The highest BCUT2D eigenvalue weighted by molar-refractivity contribution is 6.03. The number of para-hydroxylation sites is 1. The van der Waals surface area contributed by atoms with Gasteiger partial charge in [-0.05, 0) is 35.7 Å². The lowest BCUT2D eigenvalue weighted by Gasteiger charge is -2.22. The summed E-state index contributed by atoms with van der Waals surface area (Å²) in [7, 11) is 9.25. The van der Waals surface area contributed by atoms with Gasteiger partial charge in [0.1, 0.15) is 0 Å². The molecule has 0 spiro atoms. The van der Waals surface area contributed by atoms with Crippen molar-refractivity contribution in [3.05, 3.63) is 65.0 Å². The van der Waals surface area contributed by atoms with Gasteiger partial charge in [0.05, 0.1) is 53.7 Å². The summed E-state index contributed by atoms with van der Waals surface area (Å²) >= 11 is 0. The van der Waals surface area contributed by atoms with Crippen LogP contribution in [0.15, 0.2) is 59.4 Å². The third-order valence-corrected chi connectivity index (χ3v) is 5.77. The maximum absolute atomic E-state index is 13.6. The summed E-state index contributed by atoms with van der Waals surface area (Å²) in [5.41, 5.74) is 1.66. The van der Waals surface area contributed by atoms with Crippen LogP contribution in [0.3, 0.4) is 0 Å². The second-order valence-electron chi connectivity index (χ2n) is 7.53. The van der Waals surface area contributed by atoms with E-state index in [0.717, 1.165) is 0 Å². The van der Waals surface area contributed by atoms with Gasteiger partial charge in [-0.1, -0.05) is 18.2 Å². The summed E-state index contributed by atoms with van der Waals surface area (Å²) in [5.74, 6) is 2.63. The third kappa shape index (κ3) is 3.97. The standard InChI is InChI=1S/C27H27NO7/c1-30-19-13-17(14-20(31-2)25(19)33-4)24-23-16(12-21(32-3)26(34-5)27(23)35-6)15-22(29)28(24)18-10-8-7-9-11-18/h7-15H,1-6H3. The summed E-state index contributed by atoms with van der Waals surface area (Å²) in [6, 6.07) is 16.3. The summed E-state index contributed by atoms with van der Waals surface area (Å²) < 4.78 is 35.3. The Bertz CT molecular complexity index is 1400. The van der Waals surface area contributed by atoms with E-state index in [0.29, 0.717) is 62.2 Å². The number of fused-ring (bicyclic) bond motifs is 1. The number of pyridine rings is 1. The van der Waals surface area contributed by atoms with Crippen molar-refractivity contribution in [1.82, 2.24) is 4.57 Å². The van der Waals surface area contributed by atoms with E-state index in [9.17, 15) is 4.79 Å². The van der Waals surface area contributed by atoms with Crippen molar-refractivity contribution >= 4 is 10.8 Å². The van der Waals surface area contributed by atoms with E-state index < -0.39 is 0 Å². The molecule has 0 aliphatic rings. The van der Waals surface area contributed by atoms with Crippen LogP contribution in [0.25, 0.3) is 27.7 Å². The molecule has 0 fully saturated rings. The molecular formula is C27H27NO7. The second-order valence-corrected chi connectivity index (χ2v) is 7.53. The maximum atomic E-state index is 13.6. The lowest BCUT2D eigenvalue weighted by molar-refractivity contribution is 0.324. The SMILES string of the molecule is COc1cc(-c2c3c(OC)c(OC)c(OC)cc3cc(=O)n2-c2ccccc2)cc(OC)c1OC. The maximum Gasteiger partial charge on any atom is 0.256 e. The zero-order valence-corrected chi connectivity index (χ0v) is 20.5. The fourth-order valence-corrected chi connectivity index (χ4v) is 4.28. The van der Waals surface area contributed by atoms with Crippen molar-refractivity contribution in [1.29, 1.82) is 0 Å². The van der Waals surface area contributed by atoms with E-state index in [-0.39, 0.29) is 5.56 Å². The van der Waals surface area contributed by atoms with Gasteiger partial charge >= 0.3 is 0 Å². The molecule has 4 rings (SSSR count). The molecule has 0 N–H and O–H groups in total. The molecule has 1 heterocycles. The number of hydrogen-bond donors (Lipinski definition) is 0. The van der Waals surface area contributed by atoms with Crippen molar-refractivity contribution in [3.8, 4) is 51.4 Å². The van der Waals surface area contributed by atoms with Crippen molar-refractivity contribution in [2.24, 2.45) is 0 Å². The van der Waals surface area contributed by atoms with Crippen LogP contribution in [0, 0.1) is 0 Å². The molecule has 0 amide bonds. The molecule has 0 radical (unpaired) electrons. The van der Waals surface area contributed by atoms with E-state index >= 15 is 0 Å². The minimum atomic E-state index is -0.235. The zero-order chi connectivity index (χ0) is 25.1. The molecule has 1 aromatic heterocycles. The number of hydrogen-bond acceptors (Lipinski definition) is 7. The molecule has 3 aromatic carbocycles. The van der Waals surface area contributed by atoms with Gasteiger partial charge in [0.2, 0.25) is 11.5 Å². The van der Waals surface area contributed by atoms with Gasteiger partial charge in [-0.2, -0.15) is 0 Å². The highest BCUT2D eigenvalue weighted by atomic mass is 16.5. The Kier molecular flexibility index (Phi) is 6.73. The molecule has 182 valence electrons. The summed E-state index contributed by atoms with van der Waals surface area (Å²) in [5, 5.41) is 1.28. The largest absolute Gasteiger partial charge is 0.493 e. The first-order chi connectivity index (χ1) is 17.0. The van der Waals surface area contributed by atoms with Crippen LogP contribution in [-0.2, 0) is 0 Å². The molecule has 0 saturated heterocycles. The van der Waals surface area contributed by atoms with Gasteiger partial charge < -0.3 is 28.4 Å². The second kappa shape index (κ2) is 9.89. The third-order valence-electron chi connectivity index (χ3n) is 5.77. The Labute approximate surface area is 203 Å². The van der Waals surface area contributed by atoms with E-state index in [1.54, 1.807) is 57.3 Å². The Hall–Kier alpha value is -4.33. The minimum absolute atomic E-state index is 0.235. The predicted molar refractivity (Wildman–Crippen MR) is 134 cm³/mol. The van der Waals surface area contributed by atoms with Crippen molar-refractivity contribution < 1.29 is 28.4 Å². The minimum Gasteiger partial charge on any atom is -0.493 e. The van der Waals surface area contributed by atoms with Crippen LogP contribution in [-0.4, -0.2) is 47.2 Å². The van der Waals surface area contributed by atoms with Gasteiger partial charge in [-0.25, -0.2) is 0 Å². The quantitative estimate of drug-likeness (QED) is 0.364. The number of benzene rings is 3. The number of rotatable bonds is 8. The fraction of sp³-hybridized carbons (Fsp3) is 0.222. The first-order valence-corrected chi connectivity index (χ1v) is 10.8. The number of methoxy groups -OCH3 is 6. The Morgan fingerprint density at radius 3 is 1.66 bits per heavy atom. The van der Waals surface area contributed by atoms with E-state index in [4.69, 9.17) is 28.4 Å². The Morgan fingerprint density at radius 1 is 0.600 bits per heavy atom. The summed E-state index contributed by atoms with van der Waals surface area (Å²) in [6.45, 7) is 0. The fourth-order valence-electron chi connectivity index (χ4n) is 4.28. The molecule has 8 nitrogen and oxygen atoms in total. The lowest BCUT2D eigenvalue weighted by atomic mass is 10.00. The van der Waals surface area contributed by atoms with Crippen molar-refractivity contribution in [3.63, 3.8) is 0 Å². The van der Waals surface area contributed by atoms with Gasteiger partial charge in [0, 0.05) is 17.3 Å². The monoisotopic (exact) mass is 477 g/mol. The van der Waals surface area contributed by atoms with Crippen molar-refractivity contribution in [2.75, 3.05) is 42.7 Å². The highest BCUT2D eigenvalue weighted by Crippen LogP contribution is 2.49. The highest BCUT2D eigenvalue weighted by Gasteiger charge is 2.25. The first-order valence-electron chi connectivity index (χ1n) is 10.8. The Morgan fingerprint density at radius 2 is 1.14 bits per heavy atom. The van der Waals surface area contributed by atoms with E-state index in [1.807, 2.05) is 30.3 Å². The van der Waals surface area contributed by atoms with Gasteiger partial charge in [-0.15, -0.1) is 0 Å². The van der Waals surface area contributed by atoms with Crippen LogP contribution >= 0.6 is 0 Å². The molecule has 0 saturated carbocycles.